The summed E-state index contributed by atoms with van der Waals surface area (Å²) in [5, 5.41) is 0. The van der Waals surface area contributed by atoms with Gasteiger partial charge in [0.1, 0.15) is 5.82 Å². The number of Topliss-reactive ketones (excluding diaryl/α,β-unsaturated/α-hetero) is 1. The number of rotatable bonds is 1. The molecule has 0 aliphatic heterocycles. The quantitative estimate of drug-likeness (QED) is 0.604. The van der Waals surface area contributed by atoms with Crippen LogP contribution < -0.4 is 0 Å². The number of hydrogen-bond acceptors (Lipinski definition) is 2. The number of nitrogens with zero attached hydrogens (tertiary/aromatic N) is 1. The van der Waals surface area contributed by atoms with Crippen molar-refractivity contribution in [2.75, 3.05) is 0 Å². The van der Waals surface area contributed by atoms with Gasteiger partial charge >= 0.3 is 0 Å². The Bertz CT molecular complexity index is 260. The largest absolute Gasteiger partial charge is 0.294 e. The van der Waals surface area contributed by atoms with Gasteiger partial charge in [-0.2, -0.15) is 0 Å². The third kappa shape index (κ3) is 3.23. The van der Waals surface area contributed by atoms with Crippen molar-refractivity contribution in [2.24, 2.45) is 0 Å². The Labute approximate surface area is 71.4 Å². The Morgan fingerprint density at radius 2 is 2.00 bits per heavy atom. The lowest BCUT2D eigenvalue weighted by Crippen LogP contribution is -1.93. The van der Waals surface area contributed by atoms with Crippen molar-refractivity contribution in [3.8, 4) is 0 Å². The van der Waals surface area contributed by atoms with Crippen LogP contribution in [0, 0.1) is 5.82 Å². The van der Waals surface area contributed by atoms with Gasteiger partial charge in [-0.25, -0.2) is 4.39 Å². The zero-order chi connectivity index (χ0) is 9.56. The van der Waals surface area contributed by atoms with Crippen molar-refractivity contribution in [1.29, 1.82) is 0 Å². The van der Waals surface area contributed by atoms with E-state index >= 15 is 0 Å². The lowest BCUT2D eigenvalue weighted by molar-refractivity contribution is 0.101. The van der Waals surface area contributed by atoms with Crippen LogP contribution in [0.2, 0.25) is 0 Å². The molecule has 0 N–H and O–H groups in total. The first-order valence-electron chi connectivity index (χ1n) is 3.81. The smallest absolute Gasteiger partial charge is 0.161 e. The minimum atomic E-state index is -0.479. The van der Waals surface area contributed by atoms with Gasteiger partial charge in [-0.3, -0.25) is 9.78 Å². The van der Waals surface area contributed by atoms with E-state index in [1.807, 2.05) is 13.8 Å². The van der Waals surface area contributed by atoms with Gasteiger partial charge in [0.25, 0.3) is 0 Å². The van der Waals surface area contributed by atoms with Gasteiger partial charge in [0, 0.05) is 11.8 Å². The molecule has 1 heterocycles. The summed E-state index contributed by atoms with van der Waals surface area (Å²) in [6.07, 6.45) is 2.40. The molecule has 0 saturated heterocycles. The second-order valence-corrected chi connectivity index (χ2v) is 1.95. The number of pyridine rings is 1. The highest BCUT2D eigenvalue weighted by molar-refractivity contribution is 5.93. The van der Waals surface area contributed by atoms with Crippen LogP contribution in [0.1, 0.15) is 31.1 Å². The number of halogens is 1. The lowest BCUT2D eigenvalue weighted by atomic mass is 10.2. The minimum absolute atomic E-state index is 0.174. The average Bonchev–Trinajstić information content (AvgIpc) is 2.08. The average molecular weight is 169 g/mol. The molecule has 0 bridgehead atoms. The predicted molar refractivity (Wildman–Crippen MR) is 45.5 cm³/mol. The maximum absolute atomic E-state index is 12.3. The molecule has 66 valence electrons. The standard InChI is InChI=1S/C7H6FNO.C2H6/c1-5(10)6-2-7(8)4-9-3-6;1-2/h2-4H,1H3;1-2H3. The Hall–Kier alpha value is -1.25. The maximum Gasteiger partial charge on any atom is 0.161 e. The van der Waals surface area contributed by atoms with Crippen molar-refractivity contribution in [3.63, 3.8) is 0 Å². The van der Waals surface area contributed by atoms with E-state index in [9.17, 15) is 9.18 Å². The third-order valence-corrected chi connectivity index (χ3v) is 1.11. The van der Waals surface area contributed by atoms with Crippen molar-refractivity contribution in [1.82, 2.24) is 4.98 Å². The molecule has 0 aromatic carbocycles. The van der Waals surface area contributed by atoms with E-state index in [4.69, 9.17) is 0 Å². The van der Waals surface area contributed by atoms with Gasteiger partial charge in [0.2, 0.25) is 0 Å². The van der Waals surface area contributed by atoms with Gasteiger partial charge in [-0.05, 0) is 13.0 Å². The monoisotopic (exact) mass is 169 g/mol. The van der Waals surface area contributed by atoms with Crippen LogP contribution >= 0.6 is 0 Å². The van der Waals surface area contributed by atoms with Gasteiger partial charge in [-0.15, -0.1) is 0 Å². The number of hydrogen-bond donors (Lipinski definition) is 0. The van der Waals surface area contributed by atoms with Crippen molar-refractivity contribution in [3.05, 3.63) is 29.8 Å². The Balaban J connectivity index is 0.000000561. The molecule has 0 aliphatic rings. The van der Waals surface area contributed by atoms with Crippen LogP contribution in [0.25, 0.3) is 0 Å². The Morgan fingerprint density at radius 3 is 2.33 bits per heavy atom. The van der Waals surface area contributed by atoms with E-state index in [-0.39, 0.29) is 5.78 Å². The van der Waals surface area contributed by atoms with Crippen molar-refractivity contribution < 1.29 is 9.18 Å². The first kappa shape index (κ1) is 10.8. The zero-order valence-corrected chi connectivity index (χ0v) is 7.47. The minimum Gasteiger partial charge on any atom is -0.294 e. The third-order valence-electron chi connectivity index (χ3n) is 1.11. The summed E-state index contributed by atoms with van der Waals surface area (Å²) >= 11 is 0. The van der Waals surface area contributed by atoms with Crippen LogP contribution in [0.15, 0.2) is 18.5 Å². The summed E-state index contributed by atoms with van der Waals surface area (Å²) in [4.78, 5) is 14.1. The van der Waals surface area contributed by atoms with Crippen LogP contribution in [0.5, 0.6) is 0 Å². The van der Waals surface area contributed by atoms with E-state index in [1.165, 1.54) is 13.1 Å². The second kappa shape index (κ2) is 5.41. The highest BCUT2D eigenvalue weighted by Crippen LogP contribution is 2.00. The zero-order valence-electron chi connectivity index (χ0n) is 7.47. The normalized spacial score (nSPS) is 8.33. The summed E-state index contributed by atoms with van der Waals surface area (Å²) in [6, 6.07) is 1.16. The molecule has 1 aromatic rings. The van der Waals surface area contributed by atoms with Gasteiger partial charge in [-0.1, -0.05) is 13.8 Å². The number of ketones is 1. The van der Waals surface area contributed by atoms with Crippen LogP contribution in [-0.2, 0) is 0 Å². The predicted octanol–water partition coefficient (Wildman–Crippen LogP) is 2.45. The molecule has 0 unspecified atom stereocenters. The SMILES string of the molecule is CC.CC(=O)c1cncc(F)c1. The molecule has 1 rings (SSSR count). The van der Waals surface area contributed by atoms with Crippen LogP contribution in [0.4, 0.5) is 4.39 Å². The van der Waals surface area contributed by atoms with Crippen LogP contribution in [-0.4, -0.2) is 10.8 Å². The maximum atomic E-state index is 12.3. The summed E-state index contributed by atoms with van der Waals surface area (Å²) in [6.45, 7) is 5.37. The Kier molecular flexibility index (Phi) is 4.84. The van der Waals surface area contributed by atoms with E-state index in [0.717, 1.165) is 12.3 Å². The first-order chi connectivity index (χ1) is 5.70. The van der Waals surface area contributed by atoms with Crippen molar-refractivity contribution >= 4 is 5.78 Å². The molecular weight excluding hydrogens is 157 g/mol. The van der Waals surface area contributed by atoms with Gasteiger partial charge in [0.15, 0.2) is 5.78 Å². The fourth-order valence-electron chi connectivity index (χ4n) is 0.604. The number of aromatic nitrogens is 1. The topological polar surface area (TPSA) is 30.0 Å². The molecule has 2 nitrogen and oxygen atoms in total. The fourth-order valence-corrected chi connectivity index (χ4v) is 0.604. The molecule has 1 aromatic heterocycles. The van der Waals surface area contributed by atoms with E-state index in [2.05, 4.69) is 4.98 Å². The lowest BCUT2D eigenvalue weighted by Gasteiger charge is -1.91. The highest BCUT2D eigenvalue weighted by atomic mass is 19.1. The summed E-state index contributed by atoms with van der Waals surface area (Å²) in [5.41, 5.74) is 0.306. The molecule has 0 saturated carbocycles. The van der Waals surface area contributed by atoms with Gasteiger partial charge < -0.3 is 0 Å². The summed E-state index contributed by atoms with van der Waals surface area (Å²) in [7, 11) is 0. The molecule has 0 radical (unpaired) electrons. The van der Waals surface area contributed by atoms with Crippen molar-refractivity contribution in [2.45, 2.75) is 20.8 Å². The second-order valence-electron chi connectivity index (χ2n) is 1.95. The van der Waals surface area contributed by atoms with E-state index < -0.39 is 5.82 Å². The molecule has 0 aliphatic carbocycles. The number of carbonyl (C=O) groups is 1. The molecule has 3 heteroatoms. The van der Waals surface area contributed by atoms with Gasteiger partial charge in [0.05, 0.1) is 6.20 Å². The number of carbonyl (C=O) groups excluding carboxylic acids is 1. The molecule has 0 amide bonds. The summed E-state index contributed by atoms with van der Waals surface area (Å²) < 4.78 is 12.3. The van der Waals surface area contributed by atoms with E-state index in [0.29, 0.717) is 5.56 Å². The molecule has 0 fully saturated rings. The van der Waals surface area contributed by atoms with Crippen LogP contribution in [0.3, 0.4) is 0 Å². The summed E-state index contributed by atoms with van der Waals surface area (Å²) in [5.74, 6) is -0.653. The fraction of sp³-hybridized carbons (Fsp3) is 0.333. The highest BCUT2D eigenvalue weighted by Gasteiger charge is 1.99. The molecule has 0 spiro atoms. The first-order valence-corrected chi connectivity index (χ1v) is 3.81. The molecular formula is C9H12FNO. The molecule has 12 heavy (non-hydrogen) atoms. The molecule has 0 atom stereocenters. The van der Waals surface area contributed by atoms with E-state index in [1.54, 1.807) is 0 Å². The Morgan fingerprint density at radius 1 is 1.42 bits per heavy atom.